The van der Waals surface area contributed by atoms with E-state index >= 15 is 0 Å². The molecule has 1 heterocycles. The summed E-state index contributed by atoms with van der Waals surface area (Å²) in [5.41, 5.74) is 0.956. The highest BCUT2D eigenvalue weighted by Gasteiger charge is 2.14. The van der Waals surface area contributed by atoms with Crippen LogP contribution < -0.4 is 0 Å². The zero-order valence-corrected chi connectivity index (χ0v) is 11.8. The Balaban J connectivity index is 0.000000200. The monoisotopic (exact) mass is 289 g/mol. The number of likely N-dealkylation sites (N-methyl/N-ethyl adjacent to an activating group) is 1. The molecule has 1 aromatic rings. The van der Waals surface area contributed by atoms with Crippen LogP contribution in [-0.2, 0) is 14.9 Å². The first-order chi connectivity index (χ1) is 8.80. The predicted octanol–water partition coefficient (Wildman–Crippen LogP) is 0.509. The molecule has 0 amide bonds. The van der Waals surface area contributed by atoms with Crippen molar-refractivity contribution in [1.29, 1.82) is 0 Å². The van der Waals surface area contributed by atoms with Crippen molar-refractivity contribution in [3.8, 4) is 0 Å². The van der Waals surface area contributed by atoms with Gasteiger partial charge in [-0.2, -0.15) is 8.42 Å². The summed E-state index contributed by atoms with van der Waals surface area (Å²) in [6.07, 6.45) is -0.385. The SMILES string of the molecule is CN1CCOCC1O.Cc1ccc(S(=O)(=O)O)cc1. The van der Waals surface area contributed by atoms with E-state index in [1.54, 1.807) is 12.1 Å². The zero-order chi connectivity index (χ0) is 14.5. The molecule has 6 nitrogen and oxygen atoms in total. The maximum absolute atomic E-state index is 10.5. The van der Waals surface area contributed by atoms with Gasteiger partial charge in [0.25, 0.3) is 10.1 Å². The predicted molar refractivity (Wildman–Crippen MR) is 70.4 cm³/mol. The molecule has 0 aromatic heterocycles. The summed E-state index contributed by atoms with van der Waals surface area (Å²) in [4.78, 5) is 1.80. The Morgan fingerprint density at radius 2 is 1.89 bits per heavy atom. The van der Waals surface area contributed by atoms with Crippen molar-refractivity contribution in [3.05, 3.63) is 29.8 Å². The molecule has 1 aliphatic heterocycles. The molecule has 0 bridgehead atoms. The molecular weight excluding hydrogens is 270 g/mol. The van der Waals surface area contributed by atoms with Gasteiger partial charge in [-0.25, -0.2) is 0 Å². The topological polar surface area (TPSA) is 87.1 Å². The second kappa shape index (κ2) is 6.97. The molecular formula is C12H19NO5S. The minimum atomic E-state index is -4.02. The summed E-state index contributed by atoms with van der Waals surface area (Å²) >= 11 is 0. The molecule has 0 aliphatic carbocycles. The Morgan fingerprint density at radius 3 is 2.26 bits per heavy atom. The van der Waals surface area contributed by atoms with Crippen LogP contribution in [0.25, 0.3) is 0 Å². The van der Waals surface area contributed by atoms with Crippen LogP contribution in [0.2, 0.25) is 0 Å². The Hall–Kier alpha value is -0.990. The van der Waals surface area contributed by atoms with Gasteiger partial charge in [-0.15, -0.1) is 0 Å². The van der Waals surface area contributed by atoms with Crippen molar-refractivity contribution in [3.63, 3.8) is 0 Å². The van der Waals surface area contributed by atoms with Gasteiger partial charge in [0.1, 0.15) is 6.23 Å². The summed E-state index contributed by atoms with van der Waals surface area (Å²) in [5.74, 6) is 0. The Bertz CT molecular complexity index is 475. The quantitative estimate of drug-likeness (QED) is 0.732. The number of rotatable bonds is 1. The van der Waals surface area contributed by atoms with Crippen molar-refractivity contribution in [2.24, 2.45) is 0 Å². The highest BCUT2D eigenvalue weighted by Crippen LogP contribution is 2.08. The normalized spacial score (nSPS) is 20.5. The molecule has 1 saturated heterocycles. The van der Waals surface area contributed by atoms with Gasteiger partial charge in [-0.05, 0) is 26.1 Å². The first-order valence-corrected chi connectivity index (χ1v) is 7.25. The third-order valence-corrected chi connectivity index (χ3v) is 3.55. The van der Waals surface area contributed by atoms with E-state index in [4.69, 9.17) is 14.4 Å². The first kappa shape index (κ1) is 16.1. The molecule has 1 atom stereocenters. The molecule has 2 N–H and O–H groups in total. The standard InChI is InChI=1S/C7H8O3S.C5H11NO2/c1-6-2-4-7(5-3-6)11(8,9)10;1-6-2-3-8-4-5(6)7/h2-5H,1H3,(H,8,9,10);5,7H,2-4H2,1H3. The van der Waals surface area contributed by atoms with Crippen molar-refractivity contribution in [1.82, 2.24) is 4.90 Å². The van der Waals surface area contributed by atoms with Gasteiger partial charge in [-0.1, -0.05) is 17.7 Å². The maximum Gasteiger partial charge on any atom is 0.294 e. The highest BCUT2D eigenvalue weighted by atomic mass is 32.2. The van der Waals surface area contributed by atoms with Gasteiger partial charge in [0.05, 0.1) is 18.1 Å². The summed E-state index contributed by atoms with van der Waals surface area (Å²) in [6, 6.07) is 5.99. The summed E-state index contributed by atoms with van der Waals surface area (Å²) in [6.45, 7) is 3.87. The molecule has 0 spiro atoms. The lowest BCUT2D eigenvalue weighted by molar-refractivity contribution is -0.0934. The average molecular weight is 289 g/mol. The highest BCUT2D eigenvalue weighted by molar-refractivity contribution is 7.85. The van der Waals surface area contributed by atoms with Crippen LogP contribution in [0.1, 0.15) is 5.56 Å². The van der Waals surface area contributed by atoms with E-state index in [9.17, 15) is 8.42 Å². The molecule has 19 heavy (non-hydrogen) atoms. The van der Waals surface area contributed by atoms with Gasteiger partial charge in [-0.3, -0.25) is 9.45 Å². The van der Waals surface area contributed by atoms with E-state index in [2.05, 4.69) is 0 Å². The second-order valence-electron chi connectivity index (χ2n) is 4.32. The largest absolute Gasteiger partial charge is 0.376 e. The molecule has 1 aliphatic rings. The van der Waals surface area contributed by atoms with Gasteiger partial charge in [0, 0.05) is 6.54 Å². The molecule has 108 valence electrons. The molecule has 2 rings (SSSR count). The van der Waals surface area contributed by atoms with Crippen LogP contribution in [0.4, 0.5) is 0 Å². The Kier molecular flexibility index (Phi) is 5.89. The molecule has 0 radical (unpaired) electrons. The van der Waals surface area contributed by atoms with E-state index in [0.717, 1.165) is 18.7 Å². The molecule has 1 aromatic carbocycles. The summed E-state index contributed by atoms with van der Waals surface area (Å²) in [5, 5.41) is 8.98. The van der Waals surface area contributed by atoms with E-state index in [0.29, 0.717) is 6.61 Å². The number of aliphatic hydroxyl groups excluding tert-OH is 1. The molecule has 0 saturated carbocycles. The number of aryl methyl sites for hydroxylation is 1. The first-order valence-electron chi connectivity index (χ1n) is 5.81. The molecule has 7 heteroatoms. The fourth-order valence-electron chi connectivity index (χ4n) is 1.38. The van der Waals surface area contributed by atoms with Crippen LogP contribution >= 0.6 is 0 Å². The minimum Gasteiger partial charge on any atom is -0.376 e. The number of hydrogen-bond acceptors (Lipinski definition) is 5. The molecule has 1 unspecified atom stereocenters. The van der Waals surface area contributed by atoms with E-state index < -0.39 is 10.1 Å². The fourth-order valence-corrected chi connectivity index (χ4v) is 1.86. The van der Waals surface area contributed by atoms with Gasteiger partial charge < -0.3 is 9.84 Å². The maximum atomic E-state index is 10.5. The van der Waals surface area contributed by atoms with Crippen LogP contribution in [-0.4, -0.2) is 56.0 Å². The van der Waals surface area contributed by atoms with Crippen LogP contribution in [0.15, 0.2) is 29.2 Å². The third kappa shape index (κ3) is 5.66. The number of hydrogen-bond donors (Lipinski definition) is 2. The second-order valence-corrected chi connectivity index (χ2v) is 5.75. The smallest absolute Gasteiger partial charge is 0.294 e. The lowest BCUT2D eigenvalue weighted by atomic mass is 10.2. The van der Waals surface area contributed by atoms with Gasteiger partial charge in [0.15, 0.2) is 0 Å². The van der Waals surface area contributed by atoms with Crippen molar-refractivity contribution >= 4 is 10.1 Å². The fraction of sp³-hybridized carbons (Fsp3) is 0.500. The lowest BCUT2D eigenvalue weighted by Gasteiger charge is -2.27. The van der Waals surface area contributed by atoms with E-state index in [1.807, 2.05) is 18.9 Å². The van der Waals surface area contributed by atoms with Crippen LogP contribution in [0.5, 0.6) is 0 Å². The van der Waals surface area contributed by atoms with Crippen LogP contribution in [0.3, 0.4) is 0 Å². The van der Waals surface area contributed by atoms with Crippen molar-refractivity contribution in [2.45, 2.75) is 18.0 Å². The lowest BCUT2D eigenvalue weighted by Crippen LogP contribution is -2.42. The van der Waals surface area contributed by atoms with Crippen LogP contribution in [0, 0.1) is 6.92 Å². The average Bonchev–Trinajstić information content (AvgIpc) is 2.33. The Morgan fingerprint density at radius 1 is 1.32 bits per heavy atom. The molecule has 1 fully saturated rings. The summed E-state index contributed by atoms with van der Waals surface area (Å²) in [7, 11) is -2.14. The zero-order valence-electron chi connectivity index (χ0n) is 11.0. The number of aliphatic hydroxyl groups is 1. The van der Waals surface area contributed by atoms with Gasteiger partial charge >= 0.3 is 0 Å². The number of benzene rings is 1. The van der Waals surface area contributed by atoms with E-state index in [-0.39, 0.29) is 11.1 Å². The third-order valence-electron chi connectivity index (χ3n) is 2.68. The van der Waals surface area contributed by atoms with Gasteiger partial charge in [0.2, 0.25) is 0 Å². The number of ether oxygens (including phenoxy) is 1. The van der Waals surface area contributed by atoms with Crippen molar-refractivity contribution in [2.75, 3.05) is 26.8 Å². The number of morpholine rings is 1. The minimum absolute atomic E-state index is 0.0666. The number of nitrogens with zero attached hydrogens (tertiary/aromatic N) is 1. The summed E-state index contributed by atoms with van der Waals surface area (Å²) < 4.78 is 34.5. The van der Waals surface area contributed by atoms with Crippen molar-refractivity contribution < 1.29 is 22.8 Å². The Labute approximate surface area is 113 Å². The van der Waals surface area contributed by atoms with E-state index in [1.165, 1.54) is 12.1 Å².